The Labute approximate surface area is 159 Å². The molecule has 1 aromatic carbocycles. The van der Waals surface area contributed by atoms with Crippen molar-refractivity contribution >= 4 is 5.91 Å². The van der Waals surface area contributed by atoms with E-state index >= 15 is 0 Å². The van der Waals surface area contributed by atoms with Crippen molar-refractivity contribution in [1.82, 2.24) is 19.4 Å². The molecule has 1 aliphatic carbocycles. The highest BCUT2D eigenvalue weighted by Crippen LogP contribution is 2.38. The monoisotopic (exact) mass is 366 g/mol. The SMILES string of the molecule is CN1Cc2ncc(-c3ccccc3)n2CC12CCN(C(=O)C1CC(O)C1)C2. The van der Waals surface area contributed by atoms with Crippen LogP contribution in [0.1, 0.15) is 25.1 Å². The zero-order valence-electron chi connectivity index (χ0n) is 15.7. The summed E-state index contributed by atoms with van der Waals surface area (Å²) in [6, 6.07) is 10.4. The number of hydrogen-bond donors (Lipinski definition) is 1. The average Bonchev–Trinajstić information content (AvgIpc) is 3.25. The molecule has 27 heavy (non-hydrogen) atoms. The second kappa shape index (κ2) is 6.17. The van der Waals surface area contributed by atoms with Crippen molar-refractivity contribution in [3.8, 4) is 11.3 Å². The first kappa shape index (κ1) is 17.0. The molecule has 1 saturated heterocycles. The number of benzene rings is 1. The van der Waals surface area contributed by atoms with Gasteiger partial charge in [0.2, 0.25) is 5.91 Å². The maximum Gasteiger partial charge on any atom is 0.225 e. The number of amides is 1. The minimum Gasteiger partial charge on any atom is -0.393 e. The molecule has 6 nitrogen and oxygen atoms in total. The number of aliphatic hydroxyl groups is 1. The van der Waals surface area contributed by atoms with Gasteiger partial charge in [-0.25, -0.2) is 4.98 Å². The summed E-state index contributed by atoms with van der Waals surface area (Å²) in [5, 5.41) is 9.53. The van der Waals surface area contributed by atoms with E-state index in [1.807, 2.05) is 17.2 Å². The van der Waals surface area contributed by atoms with Gasteiger partial charge in [-0.05, 0) is 31.9 Å². The molecule has 3 aliphatic rings. The van der Waals surface area contributed by atoms with Crippen LogP contribution in [0, 0.1) is 5.92 Å². The first-order valence-corrected chi connectivity index (χ1v) is 9.84. The predicted molar refractivity (Wildman–Crippen MR) is 102 cm³/mol. The summed E-state index contributed by atoms with van der Waals surface area (Å²) in [6.45, 7) is 3.23. The Balaban J connectivity index is 1.40. The van der Waals surface area contributed by atoms with Gasteiger partial charge in [0.15, 0.2) is 0 Å². The summed E-state index contributed by atoms with van der Waals surface area (Å²) >= 11 is 0. The van der Waals surface area contributed by atoms with Gasteiger partial charge in [0, 0.05) is 25.6 Å². The van der Waals surface area contributed by atoms with Crippen molar-refractivity contribution in [2.45, 2.75) is 44.0 Å². The van der Waals surface area contributed by atoms with Gasteiger partial charge in [-0.1, -0.05) is 30.3 Å². The molecule has 1 atom stereocenters. The van der Waals surface area contributed by atoms with Crippen LogP contribution >= 0.6 is 0 Å². The fourth-order valence-electron chi connectivity index (χ4n) is 4.88. The predicted octanol–water partition coefficient (Wildman–Crippen LogP) is 1.74. The Morgan fingerprint density at radius 2 is 2.00 bits per heavy atom. The van der Waals surface area contributed by atoms with Crippen molar-refractivity contribution < 1.29 is 9.90 Å². The molecule has 1 saturated carbocycles. The number of carbonyl (C=O) groups is 1. The lowest BCUT2D eigenvalue weighted by atomic mass is 9.81. The standard InChI is InChI=1S/C21H26N4O2/c1-23-12-19-22-11-18(15-5-3-2-4-6-15)25(19)14-21(23)7-8-24(13-21)20(27)16-9-17(26)10-16/h2-6,11,16-17,26H,7-10,12-14H2,1H3. The van der Waals surface area contributed by atoms with E-state index in [-0.39, 0.29) is 23.5 Å². The van der Waals surface area contributed by atoms with Gasteiger partial charge in [-0.2, -0.15) is 0 Å². The Hall–Kier alpha value is -2.18. The minimum absolute atomic E-state index is 0.0210. The molecule has 1 amide bonds. The molecule has 0 bridgehead atoms. The lowest BCUT2D eigenvalue weighted by Crippen LogP contribution is -2.55. The largest absolute Gasteiger partial charge is 0.393 e. The van der Waals surface area contributed by atoms with Crippen molar-refractivity contribution in [1.29, 1.82) is 0 Å². The summed E-state index contributed by atoms with van der Waals surface area (Å²) in [7, 11) is 2.15. The average molecular weight is 366 g/mol. The van der Waals surface area contributed by atoms with Crippen molar-refractivity contribution in [3.05, 3.63) is 42.4 Å². The van der Waals surface area contributed by atoms with E-state index in [9.17, 15) is 9.90 Å². The first-order chi connectivity index (χ1) is 13.1. The van der Waals surface area contributed by atoms with Crippen LogP contribution in [0.5, 0.6) is 0 Å². The van der Waals surface area contributed by atoms with Gasteiger partial charge in [0.05, 0.1) is 30.1 Å². The molecule has 0 radical (unpaired) electrons. The van der Waals surface area contributed by atoms with Crippen LogP contribution in [0.25, 0.3) is 11.3 Å². The number of likely N-dealkylation sites (N-methyl/N-ethyl adjacent to an activating group) is 1. The normalized spacial score (nSPS) is 30.4. The van der Waals surface area contributed by atoms with Crippen molar-refractivity contribution in [2.24, 2.45) is 5.92 Å². The summed E-state index contributed by atoms with van der Waals surface area (Å²) in [5.41, 5.74) is 2.31. The van der Waals surface area contributed by atoms with Crippen LogP contribution in [-0.2, 0) is 17.9 Å². The van der Waals surface area contributed by atoms with Gasteiger partial charge in [-0.15, -0.1) is 0 Å². The van der Waals surface area contributed by atoms with Crippen LogP contribution < -0.4 is 0 Å². The number of likely N-dealkylation sites (tertiary alicyclic amines) is 1. The third kappa shape index (κ3) is 2.70. The smallest absolute Gasteiger partial charge is 0.225 e. The number of carbonyl (C=O) groups excluding carboxylic acids is 1. The molecule has 3 heterocycles. The van der Waals surface area contributed by atoms with E-state index in [4.69, 9.17) is 0 Å². The molecule has 2 fully saturated rings. The molecule has 1 N–H and O–H groups in total. The van der Waals surface area contributed by atoms with Gasteiger partial charge in [0.1, 0.15) is 5.82 Å². The van der Waals surface area contributed by atoms with E-state index in [2.05, 4.69) is 45.8 Å². The van der Waals surface area contributed by atoms with Crippen LogP contribution in [0.4, 0.5) is 0 Å². The third-order valence-corrected chi connectivity index (χ3v) is 6.75. The van der Waals surface area contributed by atoms with Gasteiger partial charge >= 0.3 is 0 Å². The van der Waals surface area contributed by atoms with E-state index in [1.54, 1.807) is 0 Å². The molecule has 6 heteroatoms. The number of fused-ring (bicyclic) bond motifs is 1. The molecule has 1 unspecified atom stereocenters. The van der Waals surface area contributed by atoms with Crippen LogP contribution in [0.3, 0.4) is 0 Å². The molecule has 2 aliphatic heterocycles. The second-order valence-corrected chi connectivity index (χ2v) is 8.42. The quantitative estimate of drug-likeness (QED) is 0.879. The van der Waals surface area contributed by atoms with Crippen LogP contribution in [0.15, 0.2) is 36.5 Å². The Morgan fingerprint density at radius 1 is 1.22 bits per heavy atom. The topological polar surface area (TPSA) is 61.6 Å². The molecule has 142 valence electrons. The minimum atomic E-state index is -0.283. The number of hydrogen-bond acceptors (Lipinski definition) is 4. The third-order valence-electron chi connectivity index (χ3n) is 6.75. The second-order valence-electron chi connectivity index (χ2n) is 8.42. The summed E-state index contributed by atoms with van der Waals surface area (Å²) in [5.74, 6) is 1.34. The zero-order chi connectivity index (χ0) is 18.6. The molecule has 2 aromatic rings. The molecule has 1 spiro atoms. The molecular weight excluding hydrogens is 340 g/mol. The fraction of sp³-hybridized carbons (Fsp3) is 0.524. The fourth-order valence-corrected chi connectivity index (χ4v) is 4.88. The number of nitrogens with zero attached hydrogens (tertiary/aromatic N) is 4. The first-order valence-electron chi connectivity index (χ1n) is 9.84. The molecule has 1 aromatic heterocycles. The zero-order valence-corrected chi connectivity index (χ0v) is 15.7. The van der Waals surface area contributed by atoms with E-state index in [1.165, 1.54) is 5.56 Å². The summed E-state index contributed by atoms with van der Waals surface area (Å²) < 4.78 is 2.34. The number of imidazole rings is 1. The van der Waals surface area contributed by atoms with Crippen molar-refractivity contribution in [3.63, 3.8) is 0 Å². The lowest BCUT2D eigenvalue weighted by molar-refractivity contribution is -0.141. The number of aliphatic hydroxyl groups excluding tert-OH is 1. The maximum atomic E-state index is 12.8. The lowest BCUT2D eigenvalue weighted by Gasteiger charge is -2.43. The van der Waals surface area contributed by atoms with Crippen molar-refractivity contribution in [2.75, 3.05) is 20.1 Å². The Morgan fingerprint density at radius 3 is 2.74 bits per heavy atom. The van der Waals surface area contributed by atoms with E-state index in [0.29, 0.717) is 12.8 Å². The number of aromatic nitrogens is 2. The Bertz CT molecular complexity index is 858. The Kier molecular flexibility index (Phi) is 3.88. The summed E-state index contributed by atoms with van der Waals surface area (Å²) in [6.07, 6.45) is 3.93. The van der Waals surface area contributed by atoms with Gasteiger partial charge in [-0.3, -0.25) is 9.69 Å². The molecular formula is C21H26N4O2. The highest BCUT2D eigenvalue weighted by Gasteiger charge is 2.48. The highest BCUT2D eigenvalue weighted by molar-refractivity contribution is 5.80. The van der Waals surface area contributed by atoms with Crippen LogP contribution in [-0.4, -0.2) is 62.1 Å². The highest BCUT2D eigenvalue weighted by atomic mass is 16.3. The van der Waals surface area contributed by atoms with E-state index < -0.39 is 0 Å². The molecule has 5 rings (SSSR count). The van der Waals surface area contributed by atoms with Gasteiger partial charge < -0.3 is 14.6 Å². The van der Waals surface area contributed by atoms with E-state index in [0.717, 1.165) is 44.1 Å². The summed E-state index contributed by atoms with van der Waals surface area (Å²) in [4.78, 5) is 21.8. The van der Waals surface area contributed by atoms with Gasteiger partial charge in [0.25, 0.3) is 0 Å². The van der Waals surface area contributed by atoms with Crippen LogP contribution in [0.2, 0.25) is 0 Å². The maximum absolute atomic E-state index is 12.8. The number of rotatable bonds is 2.